The summed E-state index contributed by atoms with van der Waals surface area (Å²) in [4.78, 5) is 19.4. The molecule has 140 valence electrons. The van der Waals surface area contributed by atoms with E-state index in [0.29, 0.717) is 29.8 Å². The predicted molar refractivity (Wildman–Crippen MR) is 103 cm³/mol. The number of aromatic nitrogens is 3. The molecule has 1 aliphatic heterocycles. The van der Waals surface area contributed by atoms with Crippen LogP contribution in [0.1, 0.15) is 54.7 Å². The third-order valence-corrected chi connectivity index (χ3v) is 5.37. The zero-order valence-corrected chi connectivity index (χ0v) is 15.8. The highest BCUT2D eigenvalue weighted by Crippen LogP contribution is 2.38. The fourth-order valence-electron chi connectivity index (χ4n) is 3.61. The van der Waals surface area contributed by atoms with Crippen molar-refractivity contribution in [2.75, 3.05) is 13.1 Å². The quantitative estimate of drug-likeness (QED) is 0.859. The third kappa shape index (κ3) is 3.76. The maximum Gasteiger partial charge on any atom is 0.254 e. The van der Waals surface area contributed by atoms with Crippen LogP contribution in [0.2, 0.25) is 0 Å². The fourth-order valence-corrected chi connectivity index (χ4v) is 3.61. The summed E-state index contributed by atoms with van der Waals surface area (Å²) in [6.45, 7) is 3.54. The molecule has 0 spiro atoms. The Morgan fingerprint density at radius 1 is 1.27 bits per heavy atom. The van der Waals surface area contributed by atoms with E-state index in [0.717, 1.165) is 30.8 Å². The van der Waals surface area contributed by atoms with Crippen molar-refractivity contribution < 1.29 is 4.79 Å². The standard InChI is InChI=1S/C19H25N5O.ClH/c1-12-8-9-24(16(10-12)11-20)19(25)15-6-4-14(5-7-15)18-21-17(22-23-18)13-2-3-13;/h4-7,12-13,16H,2-3,8-11,20H2,1H3,(H,21,22,23);1H. The zero-order valence-electron chi connectivity index (χ0n) is 15.0. The molecule has 4 rings (SSSR count). The molecule has 0 radical (unpaired) electrons. The molecule has 6 nitrogen and oxygen atoms in total. The van der Waals surface area contributed by atoms with Gasteiger partial charge in [-0.2, -0.15) is 5.10 Å². The molecule has 2 atom stereocenters. The van der Waals surface area contributed by atoms with E-state index in [4.69, 9.17) is 5.73 Å². The lowest BCUT2D eigenvalue weighted by Crippen LogP contribution is -2.49. The highest BCUT2D eigenvalue weighted by Gasteiger charge is 2.30. The van der Waals surface area contributed by atoms with Crippen molar-refractivity contribution in [3.05, 3.63) is 35.7 Å². The van der Waals surface area contributed by atoms with Gasteiger partial charge in [-0.3, -0.25) is 9.89 Å². The van der Waals surface area contributed by atoms with Crippen LogP contribution in [-0.4, -0.2) is 45.1 Å². The number of amides is 1. The molecule has 2 fully saturated rings. The van der Waals surface area contributed by atoms with Crippen LogP contribution in [0.15, 0.2) is 24.3 Å². The largest absolute Gasteiger partial charge is 0.334 e. The average molecular weight is 376 g/mol. The van der Waals surface area contributed by atoms with Crippen LogP contribution in [0.3, 0.4) is 0 Å². The molecule has 1 saturated heterocycles. The van der Waals surface area contributed by atoms with E-state index in [-0.39, 0.29) is 24.4 Å². The second-order valence-electron chi connectivity index (χ2n) is 7.41. The first-order chi connectivity index (χ1) is 12.2. The summed E-state index contributed by atoms with van der Waals surface area (Å²) >= 11 is 0. The van der Waals surface area contributed by atoms with Crippen molar-refractivity contribution in [1.29, 1.82) is 0 Å². The molecule has 2 aliphatic rings. The maximum absolute atomic E-state index is 12.9. The third-order valence-electron chi connectivity index (χ3n) is 5.37. The number of nitrogens with one attached hydrogen (secondary N) is 1. The van der Waals surface area contributed by atoms with Gasteiger partial charge in [0.15, 0.2) is 5.82 Å². The number of carbonyl (C=O) groups excluding carboxylic acids is 1. The molecule has 1 aromatic heterocycles. The van der Waals surface area contributed by atoms with Crippen LogP contribution in [-0.2, 0) is 0 Å². The summed E-state index contributed by atoms with van der Waals surface area (Å²) in [6, 6.07) is 7.74. The van der Waals surface area contributed by atoms with Crippen LogP contribution >= 0.6 is 12.4 Å². The van der Waals surface area contributed by atoms with Crippen molar-refractivity contribution in [3.63, 3.8) is 0 Å². The van der Waals surface area contributed by atoms with Crippen LogP contribution in [0, 0.1) is 5.92 Å². The smallest absolute Gasteiger partial charge is 0.254 e. The number of likely N-dealkylation sites (tertiary alicyclic amines) is 1. The molecule has 3 N–H and O–H groups in total. The Kier molecular flexibility index (Phi) is 5.63. The minimum atomic E-state index is 0. The summed E-state index contributed by atoms with van der Waals surface area (Å²) in [5, 5.41) is 7.32. The van der Waals surface area contributed by atoms with Crippen LogP contribution < -0.4 is 5.73 Å². The van der Waals surface area contributed by atoms with Gasteiger partial charge in [0.25, 0.3) is 5.91 Å². The number of carbonyl (C=O) groups is 1. The van der Waals surface area contributed by atoms with E-state index in [9.17, 15) is 4.79 Å². The summed E-state index contributed by atoms with van der Waals surface area (Å²) in [6.07, 6.45) is 4.42. The Balaban J connectivity index is 0.00000196. The van der Waals surface area contributed by atoms with Gasteiger partial charge in [0.1, 0.15) is 5.82 Å². The summed E-state index contributed by atoms with van der Waals surface area (Å²) in [7, 11) is 0. The summed E-state index contributed by atoms with van der Waals surface area (Å²) in [5.74, 6) is 2.93. The van der Waals surface area contributed by atoms with Gasteiger partial charge < -0.3 is 10.6 Å². The molecule has 1 saturated carbocycles. The lowest BCUT2D eigenvalue weighted by Gasteiger charge is -2.38. The van der Waals surface area contributed by atoms with Crippen molar-refractivity contribution in [2.45, 2.75) is 44.6 Å². The highest BCUT2D eigenvalue weighted by atomic mass is 35.5. The number of hydrogen-bond acceptors (Lipinski definition) is 4. The molecular formula is C19H26ClN5O. The van der Waals surface area contributed by atoms with Crippen LogP contribution in [0.4, 0.5) is 0 Å². The molecule has 2 unspecified atom stereocenters. The van der Waals surface area contributed by atoms with Crippen LogP contribution in [0.5, 0.6) is 0 Å². The first-order valence-electron chi connectivity index (χ1n) is 9.19. The lowest BCUT2D eigenvalue weighted by molar-refractivity contribution is 0.0573. The van der Waals surface area contributed by atoms with Crippen LogP contribution in [0.25, 0.3) is 11.4 Å². The van der Waals surface area contributed by atoms with Gasteiger partial charge in [0.2, 0.25) is 0 Å². The van der Waals surface area contributed by atoms with E-state index in [1.165, 1.54) is 12.8 Å². The molecule has 1 amide bonds. The summed E-state index contributed by atoms with van der Waals surface area (Å²) < 4.78 is 0. The molecule has 1 aliphatic carbocycles. The van der Waals surface area contributed by atoms with E-state index < -0.39 is 0 Å². The van der Waals surface area contributed by atoms with Gasteiger partial charge in [-0.1, -0.05) is 19.1 Å². The summed E-state index contributed by atoms with van der Waals surface area (Å²) in [5.41, 5.74) is 7.53. The molecule has 1 aromatic carbocycles. The van der Waals surface area contributed by atoms with Crippen molar-refractivity contribution in [2.24, 2.45) is 11.7 Å². The number of H-pyrrole nitrogens is 1. The number of hydrogen-bond donors (Lipinski definition) is 2. The predicted octanol–water partition coefficient (Wildman–Crippen LogP) is 2.97. The Labute approximate surface area is 160 Å². The molecule has 2 aromatic rings. The Hall–Kier alpha value is -1.92. The zero-order chi connectivity index (χ0) is 17.4. The Morgan fingerprint density at radius 2 is 2.00 bits per heavy atom. The number of nitrogens with two attached hydrogens (primary N) is 1. The van der Waals surface area contributed by atoms with E-state index in [1.54, 1.807) is 0 Å². The first kappa shape index (κ1) is 18.9. The Bertz CT molecular complexity index is 756. The second-order valence-corrected chi connectivity index (χ2v) is 7.41. The second kappa shape index (κ2) is 7.76. The fraction of sp³-hybridized carbons (Fsp3) is 0.526. The van der Waals surface area contributed by atoms with Gasteiger partial charge in [-0.05, 0) is 43.7 Å². The number of halogens is 1. The molecular weight excluding hydrogens is 350 g/mol. The van der Waals surface area contributed by atoms with Gasteiger partial charge in [-0.25, -0.2) is 4.98 Å². The van der Waals surface area contributed by atoms with Gasteiger partial charge in [0.05, 0.1) is 0 Å². The minimum absolute atomic E-state index is 0. The van der Waals surface area contributed by atoms with E-state index >= 15 is 0 Å². The van der Waals surface area contributed by atoms with Gasteiger partial charge in [0, 0.05) is 36.2 Å². The average Bonchev–Trinajstić information content (AvgIpc) is 3.38. The van der Waals surface area contributed by atoms with Crippen molar-refractivity contribution in [3.8, 4) is 11.4 Å². The molecule has 26 heavy (non-hydrogen) atoms. The normalized spacial score (nSPS) is 22.8. The van der Waals surface area contributed by atoms with Crippen molar-refractivity contribution >= 4 is 18.3 Å². The first-order valence-corrected chi connectivity index (χ1v) is 9.19. The minimum Gasteiger partial charge on any atom is -0.334 e. The van der Waals surface area contributed by atoms with Gasteiger partial charge in [-0.15, -0.1) is 12.4 Å². The number of benzene rings is 1. The Morgan fingerprint density at radius 3 is 2.65 bits per heavy atom. The van der Waals surface area contributed by atoms with Crippen molar-refractivity contribution in [1.82, 2.24) is 20.1 Å². The molecule has 7 heteroatoms. The number of nitrogens with zero attached hydrogens (tertiary/aromatic N) is 3. The molecule has 2 heterocycles. The monoisotopic (exact) mass is 375 g/mol. The number of aromatic amines is 1. The van der Waals surface area contributed by atoms with E-state index in [2.05, 4.69) is 22.1 Å². The van der Waals surface area contributed by atoms with Gasteiger partial charge >= 0.3 is 0 Å². The maximum atomic E-state index is 12.9. The topological polar surface area (TPSA) is 87.9 Å². The lowest BCUT2D eigenvalue weighted by atomic mass is 9.92. The van der Waals surface area contributed by atoms with E-state index in [1.807, 2.05) is 29.2 Å². The number of piperidine rings is 1. The SMILES string of the molecule is CC1CCN(C(=O)c2ccc(-c3n[nH]c(C4CC4)n3)cc2)C(CN)C1.Cl. The highest BCUT2D eigenvalue weighted by molar-refractivity contribution is 5.95. The molecule has 0 bridgehead atoms. The number of rotatable bonds is 4.